The van der Waals surface area contributed by atoms with Gasteiger partial charge in [-0.15, -0.1) is 0 Å². The van der Waals surface area contributed by atoms with Crippen LogP contribution < -0.4 is 4.74 Å². The molecule has 1 aliphatic carbocycles. The fraction of sp³-hybridized carbons (Fsp3) is 0.682. The summed E-state index contributed by atoms with van der Waals surface area (Å²) in [4.78, 5) is 4.48. The Morgan fingerprint density at radius 3 is 2.38 bits per heavy atom. The van der Waals surface area contributed by atoms with E-state index in [9.17, 15) is 0 Å². The zero-order chi connectivity index (χ0) is 19.2. The maximum absolute atomic E-state index is 5.95. The van der Waals surface area contributed by atoms with Crippen LogP contribution in [0.5, 0.6) is 5.75 Å². The molecule has 0 aromatic carbocycles. The Bertz CT molecular complexity index is 608. The Balaban J connectivity index is 1.63. The van der Waals surface area contributed by atoms with Crippen molar-refractivity contribution < 1.29 is 14.2 Å². The van der Waals surface area contributed by atoms with Crippen molar-refractivity contribution in [3.63, 3.8) is 0 Å². The van der Waals surface area contributed by atoms with Crippen molar-refractivity contribution in [1.29, 1.82) is 0 Å². The first-order valence-electron chi connectivity index (χ1n) is 9.54. The predicted octanol–water partition coefficient (Wildman–Crippen LogP) is 4.76. The lowest BCUT2D eigenvalue weighted by atomic mass is 9.91. The highest BCUT2D eigenvalue weighted by Crippen LogP contribution is 2.31. The minimum Gasteiger partial charge on any atom is -0.489 e. The van der Waals surface area contributed by atoms with Gasteiger partial charge in [0.2, 0.25) is 0 Å². The molecule has 1 aromatic rings. The molecule has 0 saturated heterocycles. The highest BCUT2D eigenvalue weighted by atomic mass is 16.5. The standard InChI is InChI=1S/C22H33NO3/c1-21(2,3)11-13-24-12-7-8-17-9-10-18(16-23-17)25-19-14-20(15-19)26-22(4,5)6/h9-10,16,19-20H,7-8,12,14-15H2,1-6H3. The van der Waals surface area contributed by atoms with Crippen molar-refractivity contribution in [1.82, 2.24) is 4.98 Å². The first-order valence-corrected chi connectivity index (χ1v) is 9.54. The van der Waals surface area contributed by atoms with Gasteiger partial charge in [-0.25, -0.2) is 0 Å². The second kappa shape index (κ2) is 8.77. The van der Waals surface area contributed by atoms with Crippen molar-refractivity contribution in [3.05, 3.63) is 24.0 Å². The summed E-state index contributed by atoms with van der Waals surface area (Å²) in [6, 6.07) is 4.03. The summed E-state index contributed by atoms with van der Waals surface area (Å²) in [5, 5.41) is 0. The molecule has 1 fully saturated rings. The lowest BCUT2D eigenvalue weighted by Gasteiger charge is -2.39. The Morgan fingerprint density at radius 2 is 1.81 bits per heavy atom. The van der Waals surface area contributed by atoms with Crippen molar-refractivity contribution >= 4 is 0 Å². The molecule has 1 aromatic heterocycles. The molecule has 2 rings (SSSR count). The Hall–Kier alpha value is -1.73. The van der Waals surface area contributed by atoms with Crippen LogP contribution in [0.2, 0.25) is 0 Å². The van der Waals surface area contributed by atoms with Gasteiger partial charge in [0.1, 0.15) is 24.6 Å². The minimum absolute atomic E-state index is 0.0172. The summed E-state index contributed by atoms with van der Waals surface area (Å²) >= 11 is 0. The maximum atomic E-state index is 5.95. The van der Waals surface area contributed by atoms with Gasteiger partial charge in [0.15, 0.2) is 0 Å². The third kappa shape index (κ3) is 8.10. The third-order valence-electron chi connectivity index (χ3n) is 3.85. The van der Waals surface area contributed by atoms with Gasteiger partial charge >= 0.3 is 0 Å². The van der Waals surface area contributed by atoms with E-state index < -0.39 is 0 Å². The molecule has 0 spiro atoms. The van der Waals surface area contributed by atoms with Crippen LogP contribution in [0.25, 0.3) is 0 Å². The first kappa shape index (κ1) is 20.6. The van der Waals surface area contributed by atoms with Crippen LogP contribution in [-0.4, -0.2) is 29.4 Å². The molecule has 1 heterocycles. The normalized spacial score (nSPS) is 19.9. The molecule has 26 heavy (non-hydrogen) atoms. The summed E-state index contributed by atoms with van der Waals surface area (Å²) in [6.45, 7) is 13.1. The fourth-order valence-electron chi connectivity index (χ4n) is 2.60. The summed E-state index contributed by atoms with van der Waals surface area (Å²) < 4.78 is 17.2. The van der Waals surface area contributed by atoms with E-state index in [-0.39, 0.29) is 17.1 Å². The van der Waals surface area contributed by atoms with Gasteiger partial charge in [-0.3, -0.25) is 4.98 Å². The lowest BCUT2D eigenvalue weighted by molar-refractivity contribution is -0.126. The van der Waals surface area contributed by atoms with Crippen molar-refractivity contribution in [2.75, 3.05) is 6.61 Å². The average molecular weight is 360 g/mol. The van der Waals surface area contributed by atoms with Gasteiger partial charge in [-0.1, -0.05) is 5.92 Å². The van der Waals surface area contributed by atoms with Crippen LogP contribution in [0.1, 0.15) is 66.5 Å². The number of ether oxygens (including phenoxy) is 3. The van der Waals surface area contributed by atoms with Crippen LogP contribution in [0.4, 0.5) is 0 Å². The highest BCUT2D eigenvalue weighted by Gasteiger charge is 2.34. The second-order valence-electron chi connectivity index (χ2n) is 8.98. The number of aryl methyl sites for hydroxylation is 1. The molecule has 0 radical (unpaired) electrons. The van der Waals surface area contributed by atoms with Gasteiger partial charge in [0.25, 0.3) is 0 Å². The van der Waals surface area contributed by atoms with Gasteiger partial charge in [-0.2, -0.15) is 0 Å². The predicted molar refractivity (Wildman–Crippen MR) is 104 cm³/mol. The summed E-state index contributed by atoms with van der Waals surface area (Å²) in [7, 11) is 0. The average Bonchev–Trinajstić information content (AvgIpc) is 2.48. The van der Waals surface area contributed by atoms with E-state index in [0.29, 0.717) is 12.7 Å². The van der Waals surface area contributed by atoms with Crippen LogP contribution in [-0.2, 0) is 15.9 Å². The third-order valence-corrected chi connectivity index (χ3v) is 3.85. The maximum Gasteiger partial charge on any atom is 0.138 e. The highest BCUT2D eigenvalue weighted by molar-refractivity contribution is 5.20. The number of hydrogen-bond donors (Lipinski definition) is 0. The van der Waals surface area contributed by atoms with E-state index in [4.69, 9.17) is 14.2 Å². The molecule has 0 atom stereocenters. The van der Waals surface area contributed by atoms with Crippen LogP contribution in [0.3, 0.4) is 0 Å². The Morgan fingerprint density at radius 1 is 1.08 bits per heavy atom. The second-order valence-corrected chi connectivity index (χ2v) is 8.98. The van der Waals surface area contributed by atoms with Crippen LogP contribution >= 0.6 is 0 Å². The van der Waals surface area contributed by atoms with Crippen molar-refractivity contribution in [2.24, 2.45) is 5.41 Å². The molecule has 0 N–H and O–H groups in total. The smallest absolute Gasteiger partial charge is 0.138 e. The molecule has 0 unspecified atom stereocenters. The largest absolute Gasteiger partial charge is 0.489 e. The molecule has 4 heteroatoms. The van der Waals surface area contributed by atoms with E-state index >= 15 is 0 Å². The topological polar surface area (TPSA) is 40.6 Å². The van der Waals surface area contributed by atoms with E-state index in [2.05, 4.69) is 58.6 Å². The van der Waals surface area contributed by atoms with E-state index in [0.717, 1.165) is 37.1 Å². The summed E-state index contributed by atoms with van der Waals surface area (Å²) in [6.07, 6.45) is 8.82. The van der Waals surface area contributed by atoms with Crippen LogP contribution in [0, 0.1) is 17.4 Å². The van der Waals surface area contributed by atoms with Gasteiger partial charge in [0, 0.05) is 24.0 Å². The van der Waals surface area contributed by atoms with Crippen molar-refractivity contribution in [3.8, 4) is 17.8 Å². The number of hydrogen-bond acceptors (Lipinski definition) is 4. The zero-order valence-corrected chi connectivity index (χ0v) is 17.1. The van der Waals surface area contributed by atoms with Gasteiger partial charge < -0.3 is 14.2 Å². The Labute approximate surface area is 158 Å². The molecule has 0 bridgehead atoms. The summed E-state index contributed by atoms with van der Waals surface area (Å²) in [5.41, 5.74) is 0.949. The first-order chi connectivity index (χ1) is 12.1. The number of nitrogens with zero attached hydrogens (tertiary/aromatic N) is 1. The van der Waals surface area contributed by atoms with E-state index in [1.54, 1.807) is 0 Å². The molecule has 1 aliphatic rings. The molecular weight excluding hydrogens is 326 g/mol. The Kier molecular flexibility index (Phi) is 6.94. The van der Waals surface area contributed by atoms with E-state index in [1.807, 2.05) is 18.3 Å². The summed E-state index contributed by atoms with van der Waals surface area (Å²) in [5.74, 6) is 3.89. The monoisotopic (exact) mass is 359 g/mol. The fourth-order valence-corrected chi connectivity index (χ4v) is 2.60. The van der Waals surface area contributed by atoms with Crippen LogP contribution in [0.15, 0.2) is 18.3 Å². The molecular formula is C22H33NO3. The zero-order valence-electron chi connectivity index (χ0n) is 17.1. The SMILES string of the molecule is CC(C)(C)C#COCCCc1ccc(OC2CC(OC(C)(C)C)C2)cn1. The van der Waals surface area contributed by atoms with Gasteiger partial charge in [0.05, 0.1) is 17.9 Å². The number of rotatable bonds is 7. The quantitative estimate of drug-likeness (QED) is 0.520. The molecule has 144 valence electrons. The number of pyridine rings is 1. The lowest BCUT2D eigenvalue weighted by Crippen LogP contribution is -2.43. The molecule has 0 amide bonds. The van der Waals surface area contributed by atoms with E-state index in [1.165, 1.54) is 0 Å². The molecule has 4 nitrogen and oxygen atoms in total. The number of aromatic nitrogens is 1. The van der Waals surface area contributed by atoms with Gasteiger partial charge in [-0.05, 0) is 66.5 Å². The minimum atomic E-state index is -0.0825. The molecule has 0 aliphatic heterocycles. The van der Waals surface area contributed by atoms with Crippen molar-refractivity contribution in [2.45, 2.75) is 85.0 Å². The molecule has 1 saturated carbocycles.